The van der Waals surface area contributed by atoms with Gasteiger partial charge in [-0.15, -0.1) is 0 Å². The minimum Gasteiger partial charge on any atom is -0.370 e. The van der Waals surface area contributed by atoms with Gasteiger partial charge < -0.3 is 15.2 Å². The SMILES string of the molecule is CCCNc1nc(C)nc(NCc2c(C)noc2C)c1C. The van der Waals surface area contributed by atoms with E-state index in [1.165, 1.54) is 0 Å². The molecular weight excluding hydrogens is 266 g/mol. The Morgan fingerprint density at radius 3 is 2.24 bits per heavy atom. The molecule has 2 aromatic heterocycles. The zero-order valence-corrected chi connectivity index (χ0v) is 13.4. The Kier molecular flexibility index (Phi) is 4.77. The maximum absolute atomic E-state index is 5.18. The molecule has 0 aromatic carbocycles. The molecular formula is C15H23N5O. The van der Waals surface area contributed by atoms with Crippen LogP contribution in [0.25, 0.3) is 0 Å². The van der Waals surface area contributed by atoms with E-state index in [4.69, 9.17) is 4.52 Å². The molecule has 0 unspecified atom stereocenters. The van der Waals surface area contributed by atoms with Crippen molar-refractivity contribution in [3.63, 3.8) is 0 Å². The van der Waals surface area contributed by atoms with Crippen molar-refractivity contribution in [1.29, 1.82) is 0 Å². The average Bonchev–Trinajstić information content (AvgIpc) is 2.77. The molecule has 0 aliphatic carbocycles. The van der Waals surface area contributed by atoms with Crippen LogP contribution in [0.4, 0.5) is 11.6 Å². The van der Waals surface area contributed by atoms with Crippen molar-refractivity contribution >= 4 is 11.6 Å². The monoisotopic (exact) mass is 289 g/mol. The van der Waals surface area contributed by atoms with Gasteiger partial charge in [-0.1, -0.05) is 12.1 Å². The third-order valence-corrected chi connectivity index (χ3v) is 3.41. The molecule has 114 valence electrons. The predicted molar refractivity (Wildman–Crippen MR) is 83.6 cm³/mol. The number of anilines is 2. The summed E-state index contributed by atoms with van der Waals surface area (Å²) in [5.74, 6) is 3.33. The normalized spacial score (nSPS) is 10.7. The summed E-state index contributed by atoms with van der Waals surface area (Å²) in [4.78, 5) is 8.94. The Bertz CT molecular complexity index is 601. The van der Waals surface area contributed by atoms with Crippen molar-refractivity contribution in [1.82, 2.24) is 15.1 Å². The molecule has 0 bridgehead atoms. The highest BCUT2D eigenvalue weighted by Crippen LogP contribution is 2.21. The first-order valence-electron chi connectivity index (χ1n) is 7.27. The molecule has 2 N–H and O–H groups in total. The Balaban J connectivity index is 2.18. The second-order valence-electron chi connectivity index (χ2n) is 5.18. The Hall–Kier alpha value is -2.11. The highest BCUT2D eigenvalue weighted by atomic mass is 16.5. The standard InChI is InChI=1S/C15H23N5O/c1-6-7-16-14-9(2)15(19-12(5)18-14)17-8-13-10(3)20-21-11(13)4/h6-8H2,1-5H3,(H2,16,17,18,19). The molecule has 0 aliphatic heterocycles. The number of hydrogen-bond acceptors (Lipinski definition) is 6. The molecule has 0 saturated carbocycles. The Morgan fingerprint density at radius 1 is 1.00 bits per heavy atom. The van der Waals surface area contributed by atoms with Crippen LogP contribution in [-0.2, 0) is 6.54 Å². The van der Waals surface area contributed by atoms with Crippen LogP contribution in [0.3, 0.4) is 0 Å². The number of nitrogens with zero attached hydrogens (tertiary/aromatic N) is 3. The summed E-state index contributed by atoms with van der Waals surface area (Å²) in [5.41, 5.74) is 3.02. The van der Waals surface area contributed by atoms with Crippen molar-refractivity contribution < 1.29 is 4.52 Å². The van der Waals surface area contributed by atoms with E-state index in [-0.39, 0.29) is 0 Å². The van der Waals surface area contributed by atoms with E-state index in [1.54, 1.807) is 0 Å². The van der Waals surface area contributed by atoms with Crippen molar-refractivity contribution in [2.45, 2.75) is 47.6 Å². The maximum atomic E-state index is 5.18. The minimum absolute atomic E-state index is 0.645. The second kappa shape index (κ2) is 6.56. The van der Waals surface area contributed by atoms with Crippen LogP contribution in [0.1, 0.15) is 41.8 Å². The van der Waals surface area contributed by atoms with Gasteiger partial charge in [-0.05, 0) is 34.1 Å². The first-order valence-corrected chi connectivity index (χ1v) is 7.27. The zero-order chi connectivity index (χ0) is 15.4. The lowest BCUT2D eigenvalue weighted by atomic mass is 10.2. The fraction of sp³-hybridized carbons (Fsp3) is 0.533. The summed E-state index contributed by atoms with van der Waals surface area (Å²) in [6, 6.07) is 0. The highest BCUT2D eigenvalue weighted by Gasteiger charge is 2.12. The lowest BCUT2D eigenvalue weighted by Crippen LogP contribution is -2.11. The molecule has 6 nitrogen and oxygen atoms in total. The Labute approximate surface area is 125 Å². The van der Waals surface area contributed by atoms with Gasteiger partial charge in [0, 0.05) is 24.2 Å². The molecule has 0 amide bonds. The molecule has 2 rings (SSSR count). The van der Waals surface area contributed by atoms with Gasteiger partial charge in [-0.2, -0.15) is 0 Å². The molecule has 0 radical (unpaired) electrons. The average molecular weight is 289 g/mol. The number of aryl methyl sites for hydroxylation is 3. The summed E-state index contributed by atoms with van der Waals surface area (Å²) in [6.45, 7) is 11.5. The highest BCUT2D eigenvalue weighted by molar-refractivity contribution is 5.57. The summed E-state index contributed by atoms with van der Waals surface area (Å²) in [7, 11) is 0. The first kappa shape index (κ1) is 15.3. The number of nitrogens with one attached hydrogen (secondary N) is 2. The summed E-state index contributed by atoms with van der Waals surface area (Å²) >= 11 is 0. The van der Waals surface area contributed by atoms with Gasteiger partial charge in [0.05, 0.1) is 5.69 Å². The number of hydrogen-bond donors (Lipinski definition) is 2. The molecule has 0 spiro atoms. The molecule has 21 heavy (non-hydrogen) atoms. The summed E-state index contributed by atoms with van der Waals surface area (Å²) < 4.78 is 5.18. The topological polar surface area (TPSA) is 75.9 Å². The third kappa shape index (κ3) is 3.51. The molecule has 6 heteroatoms. The fourth-order valence-electron chi connectivity index (χ4n) is 2.14. The van der Waals surface area contributed by atoms with Crippen LogP contribution >= 0.6 is 0 Å². The van der Waals surface area contributed by atoms with Crippen LogP contribution in [0.5, 0.6) is 0 Å². The molecule has 0 fully saturated rings. The van der Waals surface area contributed by atoms with Gasteiger partial charge in [0.2, 0.25) is 0 Å². The maximum Gasteiger partial charge on any atom is 0.138 e. The van der Waals surface area contributed by atoms with E-state index in [0.29, 0.717) is 6.54 Å². The van der Waals surface area contributed by atoms with E-state index < -0.39 is 0 Å². The minimum atomic E-state index is 0.645. The number of aromatic nitrogens is 3. The molecule has 2 heterocycles. The van der Waals surface area contributed by atoms with E-state index in [1.807, 2.05) is 27.7 Å². The van der Waals surface area contributed by atoms with E-state index in [2.05, 4.69) is 32.7 Å². The van der Waals surface area contributed by atoms with Gasteiger partial charge in [0.25, 0.3) is 0 Å². The lowest BCUT2D eigenvalue weighted by Gasteiger charge is -2.14. The van der Waals surface area contributed by atoms with E-state index in [9.17, 15) is 0 Å². The van der Waals surface area contributed by atoms with Crippen LogP contribution in [0, 0.1) is 27.7 Å². The lowest BCUT2D eigenvalue weighted by molar-refractivity contribution is 0.392. The zero-order valence-electron chi connectivity index (χ0n) is 13.4. The van der Waals surface area contributed by atoms with Gasteiger partial charge in [-0.3, -0.25) is 0 Å². The van der Waals surface area contributed by atoms with Gasteiger partial charge in [-0.25, -0.2) is 9.97 Å². The Morgan fingerprint density at radius 2 is 1.67 bits per heavy atom. The molecule has 0 atom stereocenters. The summed E-state index contributed by atoms with van der Waals surface area (Å²) in [6.07, 6.45) is 1.06. The van der Waals surface area contributed by atoms with Gasteiger partial charge in [0.1, 0.15) is 23.2 Å². The fourth-order valence-corrected chi connectivity index (χ4v) is 2.14. The van der Waals surface area contributed by atoms with Gasteiger partial charge >= 0.3 is 0 Å². The van der Waals surface area contributed by atoms with Crippen molar-refractivity contribution in [2.75, 3.05) is 17.2 Å². The molecule has 0 aliphatic rings. The van der Waals surface area contributed by atoms with Crippen LogP contribution < -0.4 is 10.6 Å². The smallest absolute Gasteiger partial charge is 0.138 e. The third-order valence-electron chi connectivity index (χ3n) is 3.41. The molecule has 0 saturated heterocycles. The summed E-state index contributed by atoms with van der Waals surface area (Å²) in [5, 5.41) is 10.7. The van der Waals surface area contributed by atoms with Crippen molar-refractivity contribution in [3.8, 4) is 0 Å². The van der Waals surface area contributed by atoms with E-state index in [0.717, 1.165) is 53.0 Å². The quantitative estimate of drug-likeness (QED) is 0.851. The van der Waals surface area contributed by atoms with E-state index >= 15 is 0 Å². The van der Waals surface area contributed by atoms with Crippen molar-refractivity contribution in [3.05, 3.63) is 28.4 Å². The van der Waals surface area contributed by atoms with Crippen LogP contribution in [0.2, 0.25) is 0 Å². The molecule has 2 aromatic rings. The van der Waals surface area contributed by atoms with Gasteiger partial charge in [0.15, 0.2) is 0 Å². The number of rotatable bonds is 6. The van der Waals surface area contributed by atoms with Crippen LogP contribution in [-0.4, -0.2) is 21.7 Å². The van der Waals surface area contributed by atoms with Crippen LogP contribution in [0.15, 0.2) is 4.52 Å². The predicted octanol–water partition coefficient (Wildman–Crippen LogP) is 3.13. The second-order valence-corrected chi connectivity index (χ2v) is 5.18. The first-order chi connectivity index (χ1) is 10.0. The largest absolute Gasteiger partial charge is 0.370 e. The van der Waals surface area contributed by atoms with Crippen molar-refractivity contribution in [2.24, 2.45) is 0 Å².